The van der Waals surface area contributed by atoms with Crippen molar-refractivity contribution in [2.45, 2.75) is 120 Å². The molecule has 0 heterocycles. The van der Waals surface area contributed by atoms with E-state index in [1.807, 2.05) is 0 Å². The largest absolute Gasteiger partial charge is 0.0654 e. The molecule has 0 aliphatic heterocycles. The van der Waals surface area contributed by atoms with Gasteiger partial charge in [0.05, 0.1) is 0 Å². The first-order valence-corrected chi connectivity index (χ1v) is 11.4. The lowest BCUT2D eigenvalue weighted by Crippen LogP contribution is -2.19. The van der Waals surface area contributed by atoms with Crippen LogP contribution in [0.5, 0.6) is 0 Å². The average Bonchev–Trinajstić information content (AvgIpc) is 2.52. The first-order valence-electron chi connectivity index (χ1n) is 11.4. The molecule has 0 fully saturated rings. The fourth-order valence-electron chi connectivity index (χ4n) is 4.80. The van der Waals surface area contributed by atoms with Crippen LogP contribution in [0.2, 0.25) is 0 Å². The van der Waals surface area contributed by atoms with Crippen LogP contribution in [0, 0.1) is 35.5 Å². The van der Waals surface area contributed by atoms with Gasteiger partial charge in [-0.1, -0.05) is 113 Å². The second-order valence-corrected chi connectivity index (χ2v) is 9.25. The molecule has 0 amide bonds. The predicted molar refractivity (Wildman–Crippen MR) is 113 cm³/mol. The second-order valence-electron chi connectivity index (χ2n) is 9.25. The van der Waals surface area contributed by atoms with Gasteiger partial charge in [0.2, 0.25) is 0 Å². The highest BCUT2D eigenvalue weighted by Crippen LogP contribution is 2.32. The highest BCUT2D eigenvalue weighted by Gasteiger charge is 2.21. The van der Waals surface area contributed by atoms with E-state index >= 15 is 0 Å². The second kappa shape index (κ2) is 14.2. The molecule has 0 aromatic carbocycles. The third-order valence-electron chi connectivity index (χ3n) is 6.56. The van der Waals surface area contributed by atoms with Crippen molar-refractivity contribution in [3.63, 3.8) is 0 Å². The van der Waals surface area contributed by atoms with Crippen LogP contribution in [-0.2, 0) is 0 Å². The zero-order chi connectivity index (χ0) is 18.5. The quantitative estimate of drug-likeness (QED) is 0.280. The lowest BCUT2D eigenvalue weighted by molar-refractivity contribution is 0.216. The van der Waals surface area contributed by atoms with Crippen molar-refractivity contribution < 1.29 is 0 Å². The normalized spacial score (nSPS) is 17.2. The van der Waals surface area contributed by atoms with Gasteiger partial charge in [-0.15, -0.1) is 0 Å². The molecule has 0 heteroatoms. The highest BCUT2D eigenvalue weighted by molar-refractivity contribution is 4.72. The monoisotopic (exact) mass is 338 g/mol. The Morgan fingerprint density at radius 2 is 1.00 bits per heavy atom. The molecule has 0 radical (unpaired) electrons. The van der Waals surface area contributed by atoms with Crippen molar-refractivity contribution in [1.29, 1.82) is 0 Å². The Bertz CT molecular complexity index is 261. The first-order chi connectivity index (χ1) is 11.4. The van der Waals surface area contributed by atoms with E-state index in [9.17, 15) is 0 Å². The molecule has 0 aliphatic carbocycles. The Hall–Kier alpha value is 0. The van der Waals surface area contributed by atoms with Gasteiger partial charge in [0.25, 0.3) is 0 Å². The molecule has 0 nitrogen and oxygen atoms in total. The maximum atomic E-state index is 2.52. The summed E-state index contributed by atoms with van der Waals surface area (Å²) in [6.07, 6.45) is 14.1. The highest BCUT2D eigenvalue weighted by atomic mass is 14.3. The average molecular weight is 339 g/mol. The van der Waals surface area contributed by atoms with Gasteiger partial charge in [-0.3, -0.25) is 0 Å². The van der Waals surface area contributed by atoms with Crippen molar-refractivity contribution in [2.75, 3.05) is 0 Å². The number of rotatable bonds is 15. The van der Waals surface area contributed by atoms with Gasteiger partial charge >= 0.3 is 0 Å². The Kier molecular flexibility index (Phi) is 14.2. The molecule has 0 N–H and O–H groups in total. The Morgan fingerprint density at radius 1 is 0.500 bits per heavy atom. The van der Waals surface area contributed by atoms with E-state index in [0.29, 0.717) is 0 Å². The van der Waals surface area contributed by atoms with E-state index in [0.717, 1.165) is 35.5 Å². The molecular formula is C24H50. The summed E-state index contributed by atoms with van der Waals surface area (Å²) in [5, 5.41) is 0. The summed E-state index contributed by atoms with van der Waals surface area (Å²) < 4.78 is 0. The van der Waals surface area contributed by atoms with E-state index in [4.69, 9.17) is 0 Å². The summed E-state index contributed by atoms with van der Waals surface area (Å²) in [7, 11) is 0. The molecule has 4 atom stereocenters. The molecule has 0 rings (SSSR count). The molecule has 0 saturated carbocycles. The van der Waals surface area contributed by atoms with Crippen molar-refractivity contribution in [1.82, 2.24) is 0 Å². The summed E-state index contributed by atoms with van der Waals surface area (Å²) in [5.74, 6) is 5.48. The fourth-order valence-corrected chi connectivity index (χ4v) is 4.80. The third kappa shape index (κ3) is 10.1. The first kappa shape index (κ1) is 24.0. The van der Waals surface area contributed by atoms with Crippen molar-refractivity contribution in [2.24, 2.45) is 35.5 Å². The van der Waals surface area contributed by atoms with Crippen LogP contribution in [0.15, 0.2) is 0 Å². The molecule has 146 valence electrons. The minimum Gasteiger partial charge on any atom is -0.0654 e. The summed E-state index contributed by atoms with van der Waals surface area (Å²) in [6, 6.07) is 0. The molecule has 4 unspecified atom stereocenters. The molecule has 0 spiro atoms. The van der Waals surface area contributed by atoms with Crippen LogP contribution in [0.3, 0.4) is 0 Å². The minimum absolute atomic E-state index is 0.844. The number of hydrogen-bond acceptors (Lipinski definition) is 0. The summed E-state index contributed by atoms with van der Waals surface area (Å²) >= 11 is 0. The van der Waals surface area contributed by atoms with Gasteiger partial charge in [0, 0.05) is 0 Å². The standard InChI is InChI=1S/C24H50/c1-9-12-22(8)24(19(4)5)18-16-20(6)15-17-21(7)23(13-10-2)14-11-3/h19-24H,9-18H2,1-8H3. The van der Waals surface area contributed by atoms with Crippen LogP contribution < -0.4 is 0 Å². The smallest absolute Gasteiger partial charge is 0.0365 e. The van der Waals surface area contributed by atoms with E-state index in [1.165, 1.54) is 64.2 Å². The molecule has 0 saturated heterocycles. The SMILES string of the molecule is CCCC(C)C(CCC(C)CCC(C)C(CCC)CCC)C(C)C. The van der Waals surface area contributed by atoms with Crippen LogP contribution >= 0.6 is 0 Å². The van der Waals surface area contributed by atoms with E-state index in [-0.39, 0.29) is 0 Å². The molecular weight excluding hydrogens is 288 g/mol. The van der Waals surface area contributed by atoms with E-state index in [2.05, 4.69) is 55.4 Å². The van der Waals surface area contributed by atoms with E-state index < -0.39 is 0 Å². The third-order valence-corrected chi connectivity index (χ3v) is 6.56. The van der Waals surface area contributed by atoms with Crippen LogP contribution in [0.4, 0.5) is 0 Å². The van der Waals surface area contributed by atoms with Gasteiger partial charge in [-0.05, 0) is 41.9 Å². The lowest BCUT2D eigenvalue weighted by atomic mass is 9.77. The zero-order valence-corrected chi connectivity index (χ0v) is 18.5. The topological polar surface area (TPSA) is 0 Å². The van der Waals surface area contributed by atoms with Gasteiger partial charge in [-0.25, -0.2) is 0 Å². The zero-order valence-electron chi connectivity index (χ0n) is 18.5. The molecule has 0 aliphatic rings. The Labute approximate surface area is 155 Å². The molecule has 0 bridgehead atoms. The Morgan fingerprint density at radius 3 is 1.46 bits per heavy atom. The van der Waals surface area contributed by atoms with Crippen LogP contribution in [0.1, 0.15) is 120 Å². The van der Waals surface area contributed by atoms with Crippen LogP contribution in [-0.4, -0.2) is 0 Å². The van der Waals surface area contributed by atoms with Gasteiger partial charge < -0.3 is 0 Å². The lowest BCUT2D eigenvalue weighted by Gasteiger charge is -2.29. The number of hydrogen-bond donors (Lipinski definition) is 0. The van der Waals surface area contributed by atoms with Crippen molar-refractivity contribution in [3.05, 3.63) is 0 Å². The van der Waals surface area contributed by atoms with Gasteiger partial charge in [0.1, 0.15) is 0 Å². The van der Waals surface area contributed by atoms with Crippen molar-refractivity contribution in [3.8, 4) is 0 Å². The summed E-state index contributed by atoms with van der Waals surface area (Å²) in [6.45, 7) is 19.4. The molecule has 24 heavy (non-hydrogen) atoms. The molecule has 0 aromatic rings. The van der Waals surface area contributed by atoms with Gasteiger partial charge in [0.15, 0.2) is 0 Å². The maximum Gasteiger partial charge on any atom is -0.0365 e. The Balaban J connectivity index is 4.24. The fraction of sp³-hybridized carbons (Fsp3) is 1.00. The summed E-state index contributed by atoms with van der Waals surface area (Å²) in [5.41, 5.74) is 0. The van der Waals surface area contributed by atoms with Crippen LogP contribution in [0.25, 0.3) is 0 Å². The van der Waals surface area contributed by atoms with Gasteiger partial charge in [-0.2, -0.15) is 0 Å². The molecule has 0 aromatic heterocycles. The predicted octanol–water partition coefficient (Wildman–Crippen LogP) is 8.74. The minimum atomic E-state index is 0.844. The summed E-state index contributed by atoms with van der Waals surface area (Å²) in [4.78, 5) is 0. The van der Waals surface area contributed by atoms with E-state index in [1.54, 1.807) is 0 Å². The van der Waals surface area contributed by atoms with Crippen molar-refractivity contribution >= 4 is 0 Å². The maximum absolute atomic E-state index is 2.52.